The van der Waals surface area contributed by atoms with E-state index >= 15 is 0 Å². The van der Waals surface area contributed by atoms with E-state index in [9.17, 15) is 14.4 Å². The van der Waals surface area contributed by atoms with Gasteiger partial charge in [-0.15, -0.1) is 0 Å². The molecule has 1 atom stereocenters. The highest BCUT2D eigenvalue weighted by atomic mass is 16.2. The summed E-state index contributed by atoms with van der Waals surface area (Å²) in [5.41, 5.74) is 2.68. The maximum absolute atomic E-state index is 12.5. The number of aryl methyl sites for hydroxylation is 1. The van der Waals surface area contributed by atoms with Crippen LogP contribution in [0, 0.1) is 5.92 Å². The van der Waals surface area contributed by atoms with Gasteiger partial charge in [-0.05, 0) is 42.5 Å². The van der Waals surface area contributed by atoms with Crippen LogP contribution in [0.5, 0.6) is 0 Å². The Bertz CT molecular complexity index is 684. The Morgan fingerprint density at radius 2 is 2.04 bits per heavy atom. The number of fused-ring (bicyclic) bond motifs is 1. The molecule has 2 aliphatic heterocycles. The van der Waals surface area contributed by atoms with Crippen molar-refractivity contribution < 1.29 is 14.4 Å². The number of benzene rings is 1. The minimum atomic E-state index is -0.499. The van der Waals surface area contributed by atoms with Crippen molar-refractivity contribution in [3.63, 3.8) is 0 Å². The van der Waals surface area contributed by atoms with Gasteiger partial charge in [0.15, 0.2) is 0 Å². The minimum Gasteiger partial charge on any atom is -0.373 e. The van der Waals surface area contributed by atoms with Crippen molar-refractivity contribution >= 4 is 29.1 Å². The van der Waals surface area contributed by atoms with E-state index in [0.29, 0.717) is 25.3 Å². The molecule has 2 N–H and O–H groups in total. The molecular formula is C18H23N3O3. The van der Waals surface area contributed by atoms with E-state index in [1.54, 1.807) is 0 Å². The molecule has 1 fully saturated rings. The largest absolute Gasteiger partial charge is 0.373 e. The molecule has 3 rings (SSSR count). The second-order valence-electron chi connectivity index (χ2n) is 6.89. The van der Waals surface area contributed by atoms with Crippen LogP contribution in [0.1, 0.15) is 38.7 Å². The number of likely N-dealkylation sites (tertiary alicyclic amines) is 1. The quantitative estimate of drug-likeness (QED) is 0.812. The predicted molar refractivity (Wildman–Crippen MR) is 91.6 cm³/mol. The number of imide groups is 1. The number of carbonyl (C=O) groups is 3. The van der Waals surface area contributed by atoms with Gasteiger partial charge < -0.3 is 10.6 Å². The van der Waals surface area contributed by atoms with Crippen molar-refractivity contribution in [2.75, 3.05) is 17.2 Å². The first-order valence-electron chi connectivity index (χ1n) is 8.47. The lowest BCUT2D eigenvalue weighted by Crippen LogP contribution is -2.35. The molecule has 2 aliphatic rings. The number of hydrogen-bond donors (Lipinski definition) is 2. The van der Waals surface area contributed by atoms with Crippen LogP contribution in [0.4, 0.5) is 11.4 Å². The molecule has 0 unspecified atom stereocenters. The number of carbonyl (C=O) groups excluding carboxylic acids is 3. The molecule has 24 heavy (non-hydrogen) atoms. The van der Waals surface area contributed by atoms with E-state index in [4.69, 9.17) is 0 Å². The molecule has 3 amide bonds. The molecule has 128 valence electrons. The number of hydrogen-bond acceptors (Lipinski definition) is 4. The average molecular weight is 329 g/mol. The Balaban J connectivity index is 1.67. The summed E-state index contributed by atoms with van der Waals surface area (Å²) in [6.45, 7) is 4.64. The summed E-state index contributed by atoms with van der Waals surface area (Å²) in [4.78, 5) is 37.3. The molecule has 2 heterocycles. The van der Waals surface area contributed by atoms with Crippen LogP contribution < -0.4 is 10.6 Å². The van der Waals surface area contributed by atoms with Crippen molar-refractivity contribution in [3.8, 4) is 0 Å². The zero-order chi connectivity index (χ0) is 17.3. The monoisotopic (exact) mass is 329 g/mol. The smallest absolute Gasteiger partial charge is 0.252 e. The van der Waals surface area contributed by atoms with E-state index in [-0.39, 0.29) is 24.1 Å². The van der Waals surface area contributed by atoms with Crippen LogP contribution in [0.25, 0.3) is 0 Å². The first-order valence-corrected chi connectivity index (χ1v) is 8.47. The predicted octanol–water partition coefficient (Wildman–Crippen LogP) is 2.16. The summed E-state index contributed by atoms with van der Waals surface area (Å²) in [6.07, 6.45) is 2.18. The van der Waals surface area contributed by atoms with Crippen molar-refractivity contribution in [3.05, 3.63) is 23.8 Å². The molecule has 0 bridgehead atoms. The molecule has 0 aliphatic carbocycles. The second kappa shape index (κ2) is 6.63. The average Bonchev–Trinajstić information content (AvgIpc) is 2.79. The molecule has 0 spiro atoms. The number of rotatable bonds is 5. The van der Waals surface area contributed by atoms with Crippen LogP contribution >= 0.6 is 0 Å². The molecule has 0 aromatic heterocycles. The zero-order valence-electron chi connectivity index (χ0n) is 14.1. The van der Waals surface area contributed by atoms with E-state index < -0.39 is 6.04 Å². The van der Waals surface area contributed by atoms with Crippen molar-refractivity contribution in [1.29, 1.82) is 0 Å². The van der Waals surface area contributed by atoms with Crippen LogP contribution in [0.2, 0.25) is 0 Å². The fraction of sp³-hybridized carbons (Fsp3) is 0.500. The Morgan fingerprint density at radius 1 is 1.25 bits per heavy atom. The molecule has 1 aromatic carbocycles. The van der Waals surface area contributed by atoms with Gasteiger partial charge in [-0.25, -0.2) is 0 Å². The summed E-state index contributed by atoms with van der Waals surface area (Å²) >= 11 is 0. The molecule has 1 aromatic rings. The number of anilines is 2. The van der Waals surface area contributed by atoms with Crippen LogP contribution in [-0.2, 0) is 20.8 Å². The number of amides is 3. The molecular weight excluding hydrogens is 306 g/mol. The van der Waals surface area contributed by atoms with Crippen molar-refractivity contribution in [2.24, 2.45) is 5.92 Å². The summed E-state index contributed by atoms with van der Waals surface area (Å²) in [5.74, 6) is 0.226. The van der Waals surface area contributed by atoms with Gasteiger partial charge in [0, 0.05) is 24.3 Å². The van der Waals surface area contributed by atoms with Crippen LogP contribution in [0.3, 0.4) is 0 Å². The van der Waals surface area contributed by atoms with Gasteiger partial charge in [-0.3, -0.25) is 19.3 Å². The SMILES string of the molecule is CC(C)CCN1C(=O)C[C@H](Nc2ccc3c(c2)CCC(=O)N3)C1=O. The highest BCUT2D eigenvalue weighted by molar-refractivity contribution is 6.06. The van der Waals surface area contributed by atoms with E-state index in [1.165, 1.54) is 4.90 Å². The highest BCUT2D eigenvalue weighted by Crippen LogP contribution is 2.27. The van der Waals surface area contributed by atoms with Crippen molar-refractivity contribution in [2.45, 2.75) is 45.6 Å². The summed E-state index contributed by atoms with van der Waals surface area (Å²) in [5, 5.41) is 6.01. The molecule has 0 radical (unpaired) electrons. The standard InChI is InChI=1S/C18H23N3O3/c1-11(2)7-8-21-17(23)10-15(18(21)24)19-13-4-5-14-12(9-13)3-6-16(22)20-14/h4-5,9,11,15,19H,3,6-8,10H2,1-2H3,(H,20,22)/t15-/m0/s1. The number of nitrogens with zero attached hydrogens (tertiary/aromatic N) is 1. The van der Waals surface area contributed by atoms with Gasteiger partial charge in [0.2, 0.25) is 11.8 Å². The second-order valence-corrected chi connectivity index (χ2v) is 6.89. The van der Waals surface area contributed by atoms with Gasteiger partial charge in [0.1, 0.15) is 6.04 Å². The summed E-state index contributed by atoms with van der Waals surface area (Å²) in [6, 6.07) is 5.12. The molecule has 6 nitrogen and oxygen atoms in total. The first-order chi connectivity index (χ1) is 11.4. The lowest BCUT2D eigenvalue weighted by atomic mass is 10.0. The maximum atomic E-state index is 12.5. The van der Waals surface area contributed by atoms with Gasteiger partial charge >= 0.3 is 0 Å². The summed E-state index contributed by atoms with van der Waals surface area (Å²) in [7, 11) is 0. The van der Waals surface area contributed by atoms with Gasteiger partial charge in [-0.1, -0.05) is 13.8 Å². The third-order valence-corrected chi connectivity index (χ3v) is 4.52. The Labute approximate surface area is 141 Å². The van der Waals surface area contributed by atoms with E-state index in [1.807, 2.05) is 18.2 Å². The normalized spacial score (nSPS) is 20.4. The third kappa shape index (κ3) is 3.42. The Kier molecular flexibility index (Phi) is 4.55. The fourth-order valence-electron chi connectivity index (χ4n) is 3.09. The first kappa shape index (κ1) is 16.5. The minimum absolute atomic E-state index is 0.0283. The zero-order valence-corrected chi connectivity index (χ0v) is 14.1. The number of nitrogens with one attached hydrogen (secondary N) is 2. The van der Waals surface area contributed by atoms with Gasteiger partial charge in [-0.2, -0.15) is 0 Å². The van der Waals surface area contributed by atoms with Crippen LogP contribution in [0.15, 0.2) is 18.2 Å². The topological polar surface area (TPSA) is 78.5 Å². The Morgan fingerprint density at radius 3 is 2.79 bits per heavy atom. The van der Waals surface area contributed by atoms with Crippen LogP contribution in [-0.4, -0.2) is 35.2 Å². The fourth-order valence-corrected chi connectivity index (χ4v) is 3.09. The highest BCUT2D eigenvalue weighted by Gasteiger charge is 2.38. The third-order valence-electron chi connectivity index (χ3n) is 4.52. The lowest BCUT2D eigenvalue weighted by molar-refractivity contribution is -0.138. The molecule has 0 saturated carbocycles. The summed E-state index contributed by atoms with van der Waals surface area (Å²) < 4.78 is 0. The van der Waals surface area contributed by atoms with Gasteiger partial charge in [0.25, 0.3) is 5.91 Å². The van der Waals surface area contributed by atoms with E-state index in [2.05, 4.69) is 24.5 Å². The molecule has 6 heteroatoms. The maximum Gasteiger partial charge on any atom is 0.252 e. The van der Waals surface area contributed by atoms with Gasteiger partial charge in [0.05, 0.1) is 6.42 Å². The Hall–Kier alpha value is -2.37. The lowest BCUT2D eigenvalue weighted by Gasteiger charge is -2.20. The molecule has 1 saturated heterocycles. The van der Waals surface area contributed by atoms with E-state index in [0.717, 1.165) is 23.4 Å². The van der Waals surface area contributed by atoms with Crippen molar-refractivity contribution in [1.82, 2.24) is 4.90 Å².